The van der Waals surface area contributed by atoms with Gasteiger partial charge in [0.1, 0.15) is 12.1 Å². The Morgan fingerprint density at radius 1 is 1.16 bits per heavy atom. The van der Waals surface area contributed by atoms with Gasteiger partial charge in [-0.15, -0.1) is 0 Å². The van der Waals surface area contributed by atoms with Crippen molar-refractivity contribution in [3.63, 3.8) is 0 Å². The lowest BCUT2D eigenvalue weighted by Crippen LogP contribution is -2.48. The van der Waals surface area contributed by atoms with E-state index in [0.717, 1.165) is 56.1 Å². The maximum absolute atomic E-state index is 5.78. The highest BCUT2D eigenvalue weighted by atomic mass is 16.5. The van der Waals surface area contributed by atoms with Gasteiger partial charge in [0.15, 0.2) is 0 Å². The fourth-order valence-electron chi connectivity index (χ4n) is 3.85. The van der Waals surface area contributed by atoms with Crippen LogP contribution in [0.5, 0.6) is 0 Å². The van der Waals surface area contributed by atoms with Gasteiger partial charge < -0.3 is 14.5 Å². The zero-order valence-corrected chi connectivity index (χ0v) is 15.2. The molecule has 0 N–H and O–H groups in total. The summed E-state index contributed by atoms with van der Waals surface area (Å²) in [5, 5.41) is 1.12. The Balaban J connectivity index is 1.46. The van der Waals surface area contributed by atoms with Crippen molar-refractivity contribution in [2.24, 2.45) is 0 Å². The summed E-state index contributed by atoms with van der Waals surface area (Å²) in [6, 6.07) is 6.53. The van der Waals surface area contributed by atoms with Crippen molar-refractivity contribution in [3.05, 3.63) is 24.5 Å². The molecule has 25 heavy (non-hydrogen) atoms. The number of hydrogen-bond acceptors (Lipinski definition) is 6. The minimum absolute atomic E-state index is 0.451. The molecule has 0 spiro atoms. The SMILES string of the molecule is CN(C)c1ncnc2ccc(N3CCN(CC4CCCO4)CC3)cc12. The van der Waals surface area contributed by atoms with Crippen LogP contribution in [0.25, 0.3) is 10.9 Å². The van der Waals surface area contributed by atoms with Crippen LogP contribution in [0.4, 0.5) is 11.5 Å². The van der Waals surface area contributed by atoms with Crippen LogP contribution in [-0.2, 0) is 4.74 Å². The van der Waals surface area contributed by atoms with E-state index in [1.165, 1.54) is 18.5 Å². The number of piperazine rings is 1. The van der Waals surface area contributed by atoms with Gasteiger partial charge in [0.2, 0.25) is 0 Å². The van der Waals surface area contributed by atoms with E-state index < -0.39 is 0 Å². The van der Waals surface area contributed by atoms with Crippen molar-refractivity contribution in [2.45, 2.75) is 18.9 Å². The molecule has 2 fully saturated rings. The van der Waals surface area contributed by atoms with Gasteiger partial charge in [0.25, 0.3) is 0 Å². The zero-order chi connectivity index (χ0) is 17.2. The molecule has 0 bridgehead atoms. The lowest BCUT2D eigenvalue weighted by molar-refractivity contribution is 0.0713. The highest BCUT2D eigenvalue weighted by molar-refractivity contribution is 5.91. The lowest BCUT2D eigenvalue weighted by atomic mass is 10.1. The van der Waals surface area contributed by atoms with Gasteiger partial charge in [0.05, 0.1) is 11.6 Å². The number of nitrogens with zero attached hydrogens (tertiary/aromatic N) is 5. The highest BCUT2D eigenvalue weighted by Gasteiger charge is 2.23. The van der Waals surface area contributed by atoms with E-state index in [1.54, 1.807) is 6.33 Å². The quantitative estimate of drug-likeness (QED) is 0.847. The molecule has 1 atom stereocenters. The molecule has 2 saturated heterocycles. The van der Waals surface area contributed by atoms with Crippen molar-refractivity contribution in [1.29, 1.82) is 0 Å². The first-order valence-corrected chi connectivity index (χ1v) is 9.22. The van der Waals surface area contributed by atoms with Crippen molar-refractivity contribution in [1.82, 2.24) is 14.9 Å². The van der Waals surface area contributed by atoms with Crippen molar-refractivity contribution < 1.29 is 4.74 Å². The largest absolute Gasteiger partial charge is 0.377 e. The second-order valence-electron chi connectivity index (χ2n) is 7.22. The van der Waals surface area contributed by atoms with Gasteiger partial charge >= 0.3 is 0 Å². The summed E-state index contributed by atoms with van der Waals surface area (Å²) in [5.74, 6) is 0.976. The van der Waals surface area contributed by atoms with Crippen LogP contribution in [-0.4, -0.2) is 74.4 Å². The summed E-state index contributed by atoms with van der Waals surface area (Å²) in [7, 11) is 4.05. The number of anilines is 2. The Morgan fingerprint density at radius 2 is 2.00 bits per heavy atom. The number of fused-ring (bicyclic) bond motifs is 1. The second kappa shape index (κ2) is 7.14. The first-order valence-electron chi connectivity index (χ1n) is 9.22. The number of benzene rings is 1. The highest BCUT2D eigenvalue weighted by Crippen LogP contribution is 2.27. The zero-order valence-electron chi connectivity index (χ0n) is 15.2. The minimum atomic E-state index is 0.451. The van der Waals surface area contributed by atoms with Gasteiger partial charge in [-0.1, -0.05) is 0 Å². The summed E-state index contributed by atoms with van der Waals surface area (Å²) in [6.07, 6.45) is 4.53. The molecule has 4 rings (SSSR count). The summed E-state index contributed by atoms with van der Waals surface area (Å²) < 4.78 is 5.78. The standard InChI is InChI=1S/C19H27N5O/c1-22(2)19-17-12-15(5-6-18(17)20-14-21-19)24-9-7-23(8-10-24)13-16-4-3-11-25-16/h5-6,12,14,16H,3-4,7-11,13H2,1-2H3. The lowest BCUT2D eigenvalue weighted by Gasteiger charge is -2.37. The Bertz CT molecular complexity index is 721. The smallest absolute Gasteiger partial charge is 0.139 e. The average Bonchev–Trinajstić information content (AvgIpc) is 3.14. The molecule has 134 valence electrons. The Kier molecular flexibility index (Phi) is 4.72. The van der Waals surface area contributed by atoms with Crippen LogP contribution >= 0.6 is 0 Å². The van der Waals surface area contributed by atoms with Gasteiger partial charge in [-0.05, 0) is 31.0 Å². The molecule has 0 aliphatic carbocycles. The van der Waals surface area contributed by atoms with E-state index >= 15 is 0 Å². The predicted molar refractivity (Wildman–Crippen MR) is 101 cm³/mol. The van der Waals surface area contributed by atoms with Gasteiger partial charge in [-0.25, -0.2) is 9.97 Å². The Labute approximate surface area is 149 Å². The monoisotopic (exact) mass is 341 g/mol. The van der Waals surface area contributed by atoms with Crippen LogP contribution in [0.2, 0.25) is 0 Å². The molecule has 1 unspecified atom stereocenters. The first kappa shape index (κ1) is 16.5. The molecule has 3 heterocycles. The normalized spacial score (nSPS) is 21.8. The number of rotatable bonds is 4. The first-order chi connectivity index (χ1) is 12.2. The van der Waals surface area contributed by atoms with Crippen molar-refractivity contribution >= 4 is 22.4 Å². The summed E-state index contributed by atoms with van der Waals surface area (Å²) in [6.45, 7) is 6.35. The maximum Gasteiger partial charge on any atom is 0.139 e. The van der Waals surface area contributed by atoms with Gasteiger partial charge in [0, 0.05) is 64.5 Å². The Hall–Kier alpha value is -1.92. The van der Waals surface area contributed by atoms with Crippen molar-refractivity contribution in [2.75, 3.05) is 63.2 Å². The molecule has 2 aliphatic rings. The van der Waals surface area contributed by atoms with Crippen LogP contribution in [0.1, 0.15) is 12.8 Å². The third kappa shape index (κ3) is 3.55. The van der Waals surface area contributed by atoms with E-state index in [2.05, 4.69) is 38.0 Å². The van der Waals surface area contributed by atoms with Crippen LogP contribution in [0, 0.1) is 0 Å². The number of hydrogen-bond donors (Lipinski definition) is 0. The molecule has 0 saturated carbocycles. The predicted octanol–water partition coefficient (Wildman–Crippen LogP) is 2.00. The van der Waals surface area contributed by atoms with E-state index in [4.69, 9.17) is 4.74 Å². The fraction of sp³-hybridized carbons (Fsp3) is 0.579. The molecule has 0 radical (unpaired) electrons. The maximum atomic E-state index is 5.78. The van der Waals surface area contributed by atoms with Gasteiger partial charge in [-0.2, -0.15) is 0 Å². The topological polar surface area (TPSA) is 44.7 Å². The number of aromatic nitrogens is 2. The number of ether oxygens (including phenoxy) is 1. The molecule has 1 aromatic carbocycles. The molecular weight excluding hydrogens is 314 g/mol. The summed E-state index contributed by atoms with van der Waals surface area (Å²) in [5.41, 5.74) is 2.27. The minimum Gasteiger partial charge on any atom is -0.377 e. The molecule has 2 aliphatic heterocycles. The van der Waals surface area contributed by atoms with Crippen LogP contribution in [0.3, 0.4) is 0 Å². The molecule has 0 amide bonds. The van der Waals surface area contributed by atoms with Crippen molar-refractivity contribution in [3.8, 4) is 0 Å². The van der Waals surface area contributed by atoms with E-state index in [0.29, 0.717) is 6.10 Å². The molecule has 1 aromatic heterocycles. The van der Waals surface area contributed by atoms with E-state index in [-0.39, 0.29) is 0 Å². The summed E-state index contributed by atoms with van der Waals surface area (Å²) >= 11 is 0. The summed E-state index contributed by atoms with van der Waals surface area (Å²) in [4.78, 5) is 15.9. The molecular formula is C19H27N5O. The third-order valence-corrected chi connectivity index (χ3v) is 5.24. The molecule has 6 nitrogen and oxygen atoms in total. The fourth-order valence-corrected chi connectivity index (χ4v) is 3.85. The second-order valence-corrected chi connectivity index (χ2v) is 7.22. The molecule has 6 heteroatoms. The van der Waals surface area contributed by atoms with E-state index in [1.807, 2.05) is 19.0 Å². The van der Waals surface area contributed by atoms with Crippen LogP contribution < -0.4 is 9.80 Å². The van der Waals surface area contributed by atoms with Gasteiger partial charge in [-0.3, -0.25) is 4.90 Å². The third-order valence-electron chi connectivity index (χ3n) is 5.24. The molecule has 2 aromatic rings. The van der Waals surface area contributed by atoms with Crippen LogP contribution in [0.15, 0.2) is 24.5 Å². The Morgan fingerprint density at radius 3 is 2.72 bits per heavy atom. The van der Waals surface area contributed by atoms with E-state index in [9.17, 15) is 0 Å². The average molecular weight is 341 g/mol.